The van der Waals surface area contributed by atoms with Crippen LogP contribution in [-0.4, -0.2) is 4.57 Å². The minimum atomic E-state index is 0.265. The molecule has 0 amide bonds. The van der Waals surface area contributed by atoms with Gasteiger partial charge in [-0.05, 0) is 87.1 Å². The summed E-state index contributed by atoms with van der Waals surface area (Å²) in [6, 6.07) is 62.0. The van der Waals surface area contributed by atoms with Crippen molar-refractivity contribution in [3.05, 3.63) is 192 Å². The van der Waals surface area contributed by atoms with Crippen LogP contribution in [0.2, 0.25) is 0 Å². The Bertz CT molecular complexity index is 2550. The van der Waals surface area contributed by atoms with E-state index in [4.69, 9.17) is 0 Å². The van der Waals surface area contributed by atoms with Crippen LogP contribution in [0.3, 0.4) is 0 Å². The fourth-order valence-electron chi connectivity index (χ4n) is 8.07. The second kappa shape index (κ2) is 10.7. The summed E-state index contributed by atoms with van der Waals surface area (Å²) in [5, 5.41) is 3.83. The fourth-order valence-corrected chi connectivity index (χ4v) is 8.07. The van der Waals surface area contributed by atoms with Gasteiger partial charge in [-0.3, -0.25) is 0 Å². The average molecular weight is 613 g/mol. The van der Waals surface area contributed by atoms with Crippen molar-refractivity contribution in [3.63, 3.8) is 0 Å². The van der Waals surface area contributed by atoms with E-state index in [2.05, 4.69) is 185 Å². The first-order valence-electron chi connectivity index (χ1n) is 16.8. The molecule has 0 fully saturated rings. The predicted molar refractivity (Wildman–Crippen MR) is 201 cm³/mol. The number of rotatable bonds is 4. The van der Waals surface area contributed by atoms with Crippen LogP contribution < -0.4 is 4.90 Å². The molecule has 0 spiro atoms. The molecule has 2 aliphatic rings. The van der Waals surface area contributed by atoms with Gasteiger partial charge in [-0.1, -0.05) is 127 Å². The van der Waals surface area contributed by atoms with Crippen LogP contribution in [0.1, 0.15) is 22.7 Å². The van der Waals surface area contributed by atoms with Gasteiger partial charge in [0.05, 0.1) is 5.52 Å². The number of benzene rings is 7. The molecule has 2 heterocycles. The monoisotopic (exact) mass is 612 g/mol. The van der Waals surface area contributed by atoms with Gasteiger partial charge >= 0.3 is 0 Å². The van der Waals surface area contributed by atoms with Crippen molar-refractivity contribution in [1.29, 1.82) is 0 Å². The van der Waals surface area contributed by atoms with Crippen molar-refractivity contribution >= 4 is 39.1 Å². The SMILES string of the molecule is C1=C2C(Cc3c1c1ccccc1n3-c1cccc(-c3ccc4ccccc4c3)c1)c1ccccc1N2c1cccc(-c2ccccc2)c1. The molecule has 2 heteroatoms. The number of aromatic nitrogens is 1. The van der Waals surface area contributed by atoms with Crippen molar-refractivity contribution in [2.45, 2.75) is 12.3 Å². The van der Waals surface area contributed by atoms with Crippen molar-refractivity contribution in [2.75, 3.05) is 4.90 Å². The van der Waals surface area contributed by atoms with Gasteiger partial charge in [0.25, 0.3) is 0 Å². The van der Waals surface area contributed by atoms with Gasteiger partial charge in [-0.25, -0.2) is 0 Å². The third kappa shape index (κ3) is 4.19. The normalized spacial score (nSPS) is 14.9. The zero-order valence-corrected chi connectivity index (χ0v) is 26.4. The lowest BCUT2D eigenvalue weighted by Crippen LogP contribution is -2.18. The van der Waals surface area contributed by atoms with E-state index in [-0.39, 0.29) is 5.92 Å². The topological polar surface area (TPSA) is 8.17 Å². The number of fused-ring (bicyclic) bond motifs is 7. The number of anilines is 2. The Labute approximate surface area is 280 Å². The van der Waals surface area contributed by atoms with Gasteiger partial charge < -0.3 is 9.47 Å². The minimum Gasteiger partial charge on any atom is -0.313 e. The van der Waals surface area contributed by atoms with Crippen molar-refractivity contribution in [1.82, 2.24) is 4.57 Å². The summed E-state index contributed by atoms with van der Waals surface area (Å²) in [5.41, 5.74) is 15.3. The van der Waals surface area contributed by atoms with E-state index in [1.807, 2.05) is 0 Å². The minimum absolute atomic E-state index is 0.265. The summed E-state index contributed by atoms with van der Waals surface area (Å²) < 4.78 is 2.52. The first kappa shape index (κ1) is 27.0. The summed E-state index contributed by atoms with van der Waals surface area (Å²) >= 11 is 0. The Morgan fingerprint density at radius 1 is 0.479 bits per heavy atom. The molecule has 0 N–H and O–H groups in total. The maximum Gasteiger partial charge on any atom is 0.0537 e. The highest BCUT2D eigenvalue weighted by atomic mass is 15.2. The molecule has 1 atom stereocenters. The summed E-state index contributed by atoms with van der Waals surface area (Å²) in [7, 11) is 0. The van der Waals surface area contributed by atoms with Gasteiger partial charge in [0.15, 0.2) is 0 Å². The summed E-state index contributed by atoms with van der Waals surface area (Å²) in [6.07, 6.45) is 3.41. The number of allylic oxidation sites excluding steroid dienone is 1. The standard InChI is InChI=1S/C46H32N2/c1-2-12-31(13-3-1)34-16-10-18-37(27-34)47-43-22-8-6-20-39(43)41-30-46-42(29-45(41)47)40-21-7-9-23-44(40)48(46)38-19-11-17-35(28-38)36-25-24-32-14-4-5-15-33(32)26-36/h1-29,41H,30H2. The van der Waals surface area contributed by atoms with Crippen LogP contribution in [0.5, 0.6) is 0 Å². The highest BCUT2D eigenvalue weighted by molar-refractivity contribution is 5.97. The highest BCUT2D eigenvalue weighted by Gasteiger charge is 2.39. The van der Waals surface area contributed by atoms with E-state index < -0.39 is 0 Å². The zero-order valence-electron chi connectivity index (χ0n) is 26.4. The molecule has 48 heavy (non-hydrogen) atoms. The lowest BCUT2D eigenvalue weighted by Gasteiger charge is -2.27. The largest absolute Gasteiger partial charge is 0.313 e. The molecule has 0 saturated heterocycles. The molecular weight excluding hydrogens is 581 g/mol. The molecule has 0 saturated carbocycles. The quantitative estimate of drug-likeness (QED) is 0.192. The third-order valence-corrected chi connectivity index (χ3v) is 10.3. The van der Waals surface area contributed by atoms with E-state index in [0.29, 0.717) is 0 Å². The van der Waals surface area contributed by atoms with Crippen LogP contribution in [-0.2, 0) is 6.42 Å². The van der Waals surface area contributed by atoms with E-state index in [1.54, 1.807) is 0 Å². The van der Waals surface area contributed by atoms with E-state index in [9.17, 15) is 0 Å². The van der Waals surface area contributed by atoms with Crippen LogP contribution in [0.25, 0.3) is 55.7 Å². The molecule has 0 radical (unpaired) electrons. The molecule has 1 aromatic heterocycles. The van der Waals surface area contributed by atoms with Crippen LogP contribution >= 0.6 is 0 Å². The van der Waals surface area contributed by atoms with Gasteiger partial charge in [-0.2, -0.15) is 0 Å². The van der Waals surface area contributed by atoms with Gasteiger partial charge in [0.2, 0.25) is 0 Å². The van der Waals surface area contributed by atoms with Gasteiger partial charge in [0.1, 0.15) is 0 Å². The predicted octanol–water partition coefficient (Wildman–Crippen LogP) is 12.0. The third-order valence-electron chi connectivity index (χ3n) is 10.3. The van der Waals surface area contributed by atoms with Crippen molar-refractivity contribution in [3.8, 4) is 27.9 Å². The van der Waals surface area contributed by atoms with Gasteiger partial charge in [-0.15, -0.1) is 0 Å². The van der Waals surface area contributed by atoms with E-state index in [1.165, 1.54) is 83.5 Å². The van der Waals surface area contributed by atoms with E-state index in [0.717, 1.165) is 6.42 Å². The summed E-state index contributed by atoms with van der Waals surface area (Å²) in [4.78, 5) is 2.50. The maximum absolute atomic E-state index is 2.52. The Hall–Kier alpha value is -6.12. The molecule has 8 aromatic rings. The molecule has 1 unspecified atom stereocenters. The van der Waals surface area contributed by atoms with Crippen LogP contribution in [0, 0.1) is 0 Å². The van der Waals surface area contributed by atoms with Crippen molar-refractivity contribution in [2.24, 2.45) is 0 Å². The van der Waals surface area contributed by atoms with Crippen LogP contribution in [0.4, 0.5) is 11.4 Å². The summed E-state index contributed by atoms with van der Waals surface area (Å²) in [6.45, 7) is 0. The number of para-hydroxylation sites is 2. The molecule has 1 aliphatic heterocycles. The second-order valence-electron chi connectivity index (χ2n) is 13.0. The Morgan fingerprint density at radius 2 is 1.15 bits per heavy atom. The lowest BCUT2D eigenvalue weighted by molar-refractivity contribution is 0.761. The molecule has 7 aromatic carbocycles. The molecule has 10 rings (SSSR count). The van der Waals surface area contributed by atoms with Crippen molar-refractivity contribution < 1.29 is 0 Å². The Kier molecular flexibility index (Phi) is 6.04. The smallest absolute Gasteiger partial charge is 0.0537 e. The number of hydrogen-bond acceptors (Lipinski definition) is 1. The maximum atomic E-state index is 2.52. The first-order valence-corrected chi connectivity index (χ1v) is 16.8. The van der Waals surface area contributed by atoms with E-state index >= 15 is 0 Å². The zero-order chi connectivity index (χ0) is 31.6. The Balaban J connectivity index is 1.14. The molecule has 1 aliphatic carbocycles. The van der Waals surface area contributed by atoms with Crippen LogP contribution in [0.15, 0.2) is 176 Å². The number of nitrogens with zero attached hydrogens (tertiary/aromatic N) is 2. The molecular formula is C46H32N2. The van der Waals surface area contributed by atoms with Gasteiger partial charge in [0, 0.05) is 51.7 Å². The summed E-state index contributed by atoms with van der Waals surface area (Å²) in [5.74, 6) is 0.265. The second-order valence-corrected chi connectivity index (χ2v) is 13.0. The fraction of sp³-hybridized carbons (Fsp3) is 0.0435. The number of hydrogen-bond donors (Lipinski definition) is 0. The molecule has 2 nitrogen and oxygen atoms in total. The first-order chi connectivity index (χ1) is 23.8. The molecule has 226 valence electrons. The molecule has 0 bridgehead atoms. The highest BCUT2D eigenvalue weighted by Crippen LogP contribution is 2.53. The lowest BCUT2D eigenvalue weighted by atomic mass is 9.87. The Morgan fingerprint density at radius 3 is 2.04 bits per heavy atom. The average Bonchev–Trinajstić information content (AvgIpc) is 3.66.